The molecule has 0 radical (unpaired) electrons. The number of carbonyl (C=O) groups is 2. The van der Waals surface area contributed by atoms with Crippen LogP contribution in [0.2, 0.25) is 0 Å². The first kappa shape index (κ1) is 21.3. The summed E-state index contributed by atoms with van der Waals surface area (Å²) in [7, 11) is 0. The van der Waals surface area contributed by atoms with Crippen molar-refractivity contribution >= 4 is 17.6 Å². The number of anilines is 1. The smallest absolute Gasteiger partial charge is 0.324 e. The van der Waals surface area contributed by atoms with Gasteiger partial charge < -0.3 is 10.2 Å². The average Bonchev–Trinajstić information content (AvgIpc) is 3.65. The number of halogens is 4. The number of amides is 1. The number of alkyl halides is 3. The lowest BCUT2D eigenvalue weighted by atomic mass is 10.1. The van der Waals surface area contributed by atoms with Crippen molar-refractivity contribution in [2.24, 2.45) is 5.92 Å². The van der Waals surface area contributed by atoms with Gasteiger partial charge in [-0.1, -0.05) is 24.3 Å². The van der Waals surface area contributed by atoms with Gasteiger partial charge in [0.25, 0.3) is 5.91 Å². The highest BCUT2D eigenvalue weighted by Gasteiger charge is 2.44. The van der Waals surface area contributed by atoms with Gasteiger partial charge in [-0.15, -0.1) is 5.06 Å². The first-order chi connectivity index (χ1) is 14.7. The van der Waals surface area contributed by atoms with Gasteiger partial charge in [-0.05, 0) is 61.6 Å². The van der Waals surface area contributed by atoms with E-state index in [4.69, 9.17) is 0 Å². The first-order valence-corrected chi connectivity index (χ1v) is 9.95. The number of hydrogen-bond acceptors (Lipinski definition) is 4. The van der Waals surface area contributed by atoms with Crippen LogP contribution in [-0.2, 0) is 9.63 Å². The molecule has 2 atom stereocenters. The molecule has 164 valence electrons. The van der Waals surface area contributed by atoms with Gasteiger partial charge in [-0.25, -0.2) is 9.18 Å². The number of hydrogen-bond donors (Lipinski definition) is 1. The highest BCUT2D eigenvalue weighted by atomic mass is 19.4. The summed E-state index contributed by atoms with van der Waals surface area (Å²) in [6.45, 7) is 0.953. The number of nitrogens with one attached hydrogen (secondary N) is 1. The largest absolute Gasteiger partial charge is 0.493 e. The molecule has 1 N–H and O–H groups in total. The quantitative estimate of drug-likeness (QED) is 0.541. The molecule has 4 rings (SSSR count). The van der Waals surface area contributed by atoms with Crippen LogP contribution in [0, 0.1) is 11.7 Å². The predicted molar refractivity (Wildman–Crippen MR) is 104 cm³/mol. The molecule has 0 aromatic heterocycles. The Morgan fingerprint density at radius 1 is 1.10 bits per heavy atom. The van der Waals surface area contributed by atoms with E-state index in [1.807, 2.05) is 6.07 Å². The van der Waals surface area contributed by atoms with Crippen molar-refractivity contribution in [1.82, 2.24) is 5.32 Å². The van der Waals surface area contributed by atoms with Gasteiger partial charge in [0.1, 0.15) is 11.5 Å². The molecule has 9 heteroatoms. The minimum Gasteiger partial charge on any atom is -0.324 e. The zero-order chi connectivity index (χ0) is 22.2. The number of nitrogens with zero attached hydrogens (tertiary/aromatic N) is 1. The van der Waals surface area contributed by atoms with Crippen molar-refractivity contribution in [3.8, 4) is 0 Å². The fourth-order valence-electron chi connectivity index (χ4n) is 3.40. The molecule has 2 aromatic carbocycles. The maximum Gasteiger partial charge on any atom is 0.493 e. The Balaban J connectivity index is 1.55. The summed E-state index contributed by atoms with van der Waals surface area (Å²) in [6, 6.07) is 11.3. The summed E-state index contributed by atoms with van der Waals surface area (Å²) in [6.07, 6.45) is -1.99. The second kappa shape index (κ2) is 8.30. The van der Waals surface area contributed by atoms with Crippen LogP contribution in [0.25, 0.3) is 0 Å². The molecule has 1 amide bonds. The molecule has 0 heterocycles. The van der Waals surface area contributed by atoms with Gasteiger partial charge in [-0.2, -0.15) is 13.2 Å². The van der Waals surface area contributed by atoms with Gasteiger partial charge in [0.15, 0.2) is 0 Å². The lowest BCUT2D eigenvalue weighted by Crippen LogP contribution is -2.39. The average molecular weight is 436 g/mol. The van der Waals surface area contributed by atoms with Crippen molar-refractivity contribution in [2.45, 2.75) is 37.4 Å². The summed E-state index contributed by atoms with van der Waals surface area (Å²) in [5.41, 5.74) is 0.240. The first-order valence-electron chi connectivity index (χ1n) is 9.95. The molecule has 0 saturated heterocycles. The third-order valence-electron chi connectivity index (χ3n) is 5.38. The van der Waals surface area contributed by atoms with Crippen LogP contribution in [-0.4, -0.2) is 30.6 Å². The molecule has 31 heavy (non-hydrogen) atoms. The predicted octanol–water partition coefficient (Wildman–Crippen LogP) is 4.35. The Kier molecular flexibility index (Phi) is 5.70. The van der Waals surface area contributed by atoms with Crippen LogP contribution in [0.15, 0.2) is 48.5 Å². The van der Waals surface area contributed by atoms with E-state index in [0.717, 1.165) is 36.6 Å². The van der Waals surface area contributed by atoms with Crippen LogP contribution in [0.1, 0.15) is 41.1 Å². The summed E-state index contributed by atoms with van der Waals surface area (Å²) < 4.78 is 52.4. The Morgan fingerprint density at radius 2 is 1.84 bits per heavy atom. The van der Waals surface area contributed by atoms with E-state index < -0.39 is 29.6 Å². The highest BCUT2D eigenvalue weighted by Crippen LogP contribution is 2.42. The van der Waals surface area contributed by atoms with Crippen LogP contribution in [0.4, 0.5) is 23.2 Å². The van der Waals surface area contributed by atoms with Crippen molar-refractivity contribution in [2.75, 3.05) is 11.6 Å². The van der Waals surface area contributed by atoms with Crippen molar-refractivity contribution < 1.29 is 32.0 Å². The van der Waals surface area contributed by atoms with Crippen LogP contribution >= 0.6 is 0 Å². The van der Waals surface area contributed by atoms with Crippen molar-refractivity contribution in [3.05, 3.63) is 65.5 Å². The lowest BCUT2D eigenvalue weighted by Gasteiger charge is -2.22. The molecule has 2 unspecified atom stereocenters. The van der Waals surface area contributed by atoms with E-state index in [-0.39, 0.29) is 22.6 Å². The fourth-order valence-corrected chi connectivity index (χ4v) is 3.40. The highest BCUT2D eigenvalue weighted by molar-refractivity contribution is 6.06. The Morgan fingerprint density at radius 3 is 2.52 bits per heavy atom. The van der Waals surface area contributed by atoms with E-state index in [0.29, 0.717) is 0 Å². The summed E-state index contributed by atoms with van der Waals surface area (Å²) in [5.74, 6) is -3.79. The minimum absolute atomic E-state index is 0.0106. The molecule has 0 spiro atoms. The van der Waals surface area contributed by atoms with Crippen LogP contribution in [0.3, 0.4) is 0 Å². The number of hydroxylamine groups is 1. The molecule has 0 bridgehead atoms. The van der Waals surface area contributed by atoms with Crippen molar-refractivity contribution in [3.63, 3.8) is 0 Å². The summed E-state index contributed by atoms with van der Waals surface area (Å²) in [4.78, 5) is 28.6. The zero-order valence-electron chi connectivity index (χ0n) is 16.4. The van der Waals surface area contributed by atoms with E-state index in [1.165, 1.54) is 31.0 Å². The summed E-state index contributed by atoms with van der Waals surface area (Å²) in [5, 5.41) is 3.53. The second-order valence-corrected chi connectivity index (χ2v) is 7.85. The Hall–Kier alpha value is -2.94. The van der Waals surface area contributed by atoms with E-state index in [1.54, 1.807) is 12.1 Å². The van der Waals surface area contributed by atoms with E-state index in [9.17, 15) is 27.2 Å². The maximum atomic E-state index is 14.2. The van der Waals surface area contributed by atoms with Crippen molar-refractivity contribution in [1.29, 1.82) is 0 Å². The molecule has 2 fully saturated rings. The molecule has 5 nitrogen and oxygen atoms in total. The normalized spacial score (nSPS) is 20.3. The third kappa shape index (κ3) is 5.04. The molecular formula is C22H20F4N2O3. The number of para-hydroxylation sites is 1. The number of carbonyl (C=O) groups excluding carboxylic acids is 2. The van der Waals surface area contributed by atoms with Crippen LogP contribution in [0.5, 0.6) is 0 Å². The topological polar surface area (TPSA) is 58.6 Å². The molecule has 2 aliphatic rings. The molecule has 2 aliphatic carbocycles. The van der Waals surface area contributed by atoms with E-state index in [2.05, 4.69) is 10.2 Å². The molecular weight excluding hydrogens is 416 g/mol. The molecule has 0 aliphatic heterocycles. The zero-order valence-corrected chi connectivity index (χ0v) is 16.4. The van der Waals surface area contributed by atoms with E-state index >= 15 is 0 Å². The minimum atomic E-state index is -5.35. The van der Waals surface area contributed by atoms with Gasteiger partial charge in [0, 0.05) is 17.5 Å². The number of benzene rings is 2. The van der Waals surface area contributed by atoms with Gasteiger partial charge >= 0.3 is 12.1 Å². The Bertz CT molecular complexity index is 991. The molecule has 2 saturated carbocycles. The fraction of sp³-hybridized carbons (Fsp3) is 0.364. The molecule has 2 aromatic rings. The van der Waals surface area contributed by atoms with Gasteiger partial charge in [0.05, 0.1) is 0 Å². The number of rotatable bonds is 6. The SMILES string of the molecule is O=C(c1cccc(C2CC2NCC2CC2)c1)N(OC(=O)C(F)(F)F)c1ccccc1F. The monoisotopic (exact) mass is 436 g/mol. The van der Waals surface area contributed by atoms with Gasteiger partial charge in [-0.3, -0.25) is 4.79 Å². The third-order valence-corrected chi connectivity index (χ3v) is 5.38. The van der Waals surface area contributed by atoms with Crippen LogP contribution < -0.4 is 10.4 Å². The second-order valence-electron chi connectivity index (χ2n) is 7.85. The van der Waals surface area contributed by atoms with Gasteiger partial charge in [0.2, 0.25) is 0 Å². The summed E-state index contributed by atoms with van der Waals surface area (Å²) >= 11 is 0. The standard InChI is InChI=1S/C22H20F4N2O3/c23-17-6-1-2-7-19(17)28(31-21(30)22(24,25)26)20(29)15-5-3-4-14(10-15)16-11-18(16)27-12-13-8-9-13/h1-7,10,13,16,18,27H,8-9,11-12H2. The lowest BCUT2D eigenvalue weighted by molar-refractivity contribution is -0.200. The maximum absolute atomic E-state index is 14.2. The Labute approximate surface area is 175 Å².